The topological polar surface area (TPSA) is 16.1 Å². The zero-order valence-corrected chi connectivity index (χ0v) is 10.9. The summed E-state index contributed by atoms with van der Waals surface area (Å²) in [5.41, 5.74) is 3.74. The Kier molecular flexibility index (Phi) is 4.13. The van der Waals surface area contributed by atoms with Crippen LogP contribution in [-0.2, 0) is 6.42 Å². The number of rotatable bonds is 4. The fourth-order valence-corrected chi connectivity index (χ4v) is 1.73. The zero-order valence-electron chi connectivity index (χ0n) is 10.9. The summed E-state index contributed by atoms with van der Waals surface area (Å²) in [6, 6.07) is 12.6. The van der Waals surface area contributed by atoms with Crippen LogP contribution in [0, 0.1) is 0 Å². The third-order valence-corrected chi connectivity index (χ3v) is 2.82. The van der Waals surface area contributed by atoms with E-state index in [0.717, 1.165) is 6.42 Å². The molecule has 0 fully saturated rings. The van der Waals surface area contributed by atoms with Crippen LogP contribution in [0.5, 0.6) is 0 Å². The molecule has 0 atom stereocenters. The Labute approximate surface area is 109 Å². The minimum Gasteiger partial charge on any atom is -0.378 e. The monoisotopic (exact) mass is 238 g/mol. The second kappa shape index (κ2) is 6.01. The van der Waals surface area contributed by atoms with E-state index in [2.05, 4.69) is 46.3 Å². The first-order chi connectivity index (χ1) is 8.75. The molecule has 0 aliphatic heterocycles. The summed E-state index contributed by atoms with van der Waals surface area (Å²) >= 11 is 0. The van der Waals surface area contributed by atoms with Gasteiger partial charge in [0.1, 0.15) is 0 Å². The van der Waals surface area contributed by atoms with Crippen LogP contribution >= 0.6 is 0 Å². The van der Waals surface area contributed by atoms with E-state index in [4.69, 9.17) is 0 Å². The van der Waals surface area contributed by atoms with Gasteiger partial charge in [-0.05, 0) is 41.8 Å². The number of allylic oxidation sites excluding steroid dienone is 1. The molecule has 0 spiro atoms. The highest BCUT2D eigenvalue weighted by atomic mass is 15.1. The van der Waals surface area contributed by atoms with Crippen molar-refractivity contribution in [2.24, 2.45) is 0 Å². The molecular weight excluding hydrogens is 220 g/mol. The molecule has 0 N–H and O–H groups in total. The highest BCUT2D eigenvalue weighted by Crippen LogP contribution is 2.13. The molecule has 0 radical (unpaired) electrons. The molecule has 1 aromatic heterocycles. The van der Waals surface area contributed by atoms with Crippen molar-refractivity contribution in [1.82, 2.24) is 4.98 Å². The molecule has 0 unspecified atom stereocenters. The molecule has 92 valence electrons. The molecule has 0 aliphatic carbocycles. The second-order valence-electron chi connectivity index (χ2n) is 4.45. The van der Waals surface area contributed by atoms with Gasteiger partial charge in [-0.1, -0.05) is 24.3 Å². The average molecular weight is 238 g/mol. The summed E-state index contributed by atoms with van der Waals surface area (Å²) in [5, 5.41) is 0. The van der Waals surface area contributed by atoms with Gasteiger partial charge < -0.3 is 4.90 Å². The van der Waals surface area contributed by atoms with Crippen molar-refractivity contribution in [2.75, 3.05) is 19.0 Å². The van der Waals surface area contributed by atoms with Gasteiger partial charge in [0.25, 0.3) is 0 Å². The molecule has 0 saturated heterocycles. The highest BCUT2D eigenvalue weighted by molar-refractivity contribution is 5.55. The van der Waals surface area contributed by atoms with Crippen molar-refractivity contribution in [1.29, 1.82) is 0 Å². The van der Waals surface area contributed by atoms with Crippen LogP contribution < -0.4 is 4.90 Å². The van der Waals surface area contributed by atoms with E-state index in [9.17, 15) is 0 Å². The molecule has 2 rings (SSSR count). The first-order valence-electron chi connectivity index (χ1n) is 6.08. The minimum absolute atomic E-state index is 0.942. The number of hydrogen-bond acceptors (Lipinski definition) is 2. The molecule has 1 aromatic carbocycles. The predicted molar refractivity (Wildman–Crippen MR) is 77.7 cm³/mol. The Morgan fingerprint density at radius 3 is 2.28 bits per heavy atom. The Morgan fingerprint density at radius 2 is 1.67 bits per heavy atom. The van der Waals surface area contributed by atoms with Crippen molar-refractivity contribution in [3.8, 4) is 0 Å². The first kappa shape index (κ1) is 12.4. The van der Waals surface area contributed by atoms with Crippen LogP contribution in [0.15, 0.2) is 54.9 Å². The molecule has 18 heavy (non-hydrogen) atoms. The number of pyridine rings is 1. The van der Waals surface area contributed by atoms with Gasteiger partial charge in [-0.25, -0.2) is 0 Å². The fourth-order valence-electron chi connectivity index (χ4n) is 1.73. The van der Waals surface area contributed by atoms with Crippen molar-refractivity contribution >= 4 is 11.8 Å². The van der Waals surface area contributed by atoms with Gasteiger partial charge in [-0.15, -0.1) is 0 Å². The standard InChI is InChI=1S/C16H18N2/c1-18(2)16-8-6-14(7-9-16)4-3-5-15-10-12-17-13-11-15/h3-4,6-13H,5H2,1-2H3. The molecule has 2 aromatic rings. The van der Waals surface area contributed by atoms with Gasteiger partial charge in [0.05, 0.1) is 0 Å². The number of hydrogen-bond donors (Lipinski definition) is 0. The van der Waals surface area contributed by atoms with Gasteiger partial charge in [-0.3, -0.25) is 4.98 Å². The highest BCUT2D eigenvalue weighted by Gasteiger charge is 1.93. The minimum atomic E-state index is 0.942. The van der Waals surface area contributed by atoms with E-state index in [0.29, 0.717) is 0 Å². The molecule has 0 aliphatic rings. The van der Waals surface area contributed by atoms with E-state index in [1.807, 2.05) is 38.6 Å². The molecular formula is C16H18N2. The van der Waals surface area contributed by atoms with Crippen LogP contribution in [0.1, 0.15) is 11.1 Å². The Balaban J connectivity index is 1.97. The lowest BCUT2D eigenvalue weighted by Crippen LogP contribution is -2.07. The smallest absolute Gasteiger partial charge is 0.0361 e. The number of aromatic nitrogens is 1. The van der Waals surface area contributed by atoms with Crippen LogP contribution in [0.4, 0.5) is 5.69 Å². The summed E-state index contributed by atoms with van der Waals surface area (Å²) in [7, 11) is 4.10. The van der Waals surface area contributed by atoms with E-state index in [1.165, 1.54) is 16.8 Å². The molecule has 0 amide bonds. The normalized spacial score (nSPS) is 10.8. The van der Waals surface area contributed by atoms with E-state index in [-0.39, 0.29) is 0 Å². The van der Waals surface area contributed by atoms with Crippen LogP contribution in [0.2, 0.25) is 0 Å². The Bertz CT molecular complexity index is 498. The zero-order chi connectivity index (χ0) is 12.8. The molecule has 2 heteroatoms. The largest absolute Gasteiger partial charge is 0.378 e. The fraction of sp³-hybridized carbons (Fsp3) is 0.188. The molecule has 0 bridgehead atoms. The van der Waals surface area contributed by atoms with Crippen molar-refractivity contribution < 1.29 is 0 Å². The summed E-state index contributed by atoms with van der Waals surface area (Å²) in [6.07, 6.45) is 8.93. The molecule has 2 nitrogen and oxygen atoms in total. The maximum absolute atomic E-state index is 4.01. The Hall–Kier alpha value is -2.09. The van der Waals surface area contributed by atoms with Crippen molar-refractivity contribution in [3.63, 3.8) is 0 Å². The summed E-state index contributed by atoms with van der Waals surface area (Å²) in [6.45, 7) is 0. The first-order valence-corrected chi connectivity index (χ1v) is 6.08. The predicted octanol–water partition coefficient (Wildman–Crippen LogP) is 3.40. The van der Waals surface area contributed by atoms with Gasteiger partial charge >= 0.3 is 0 Å². The average Bonchev–Trinajstić information content (AvgIpc) is 2.40. The van der Waals surface area contributed by atoms with E-state index < -0.39 is 0 Å². The van der Waals surface area contributed by atoms with Gasteiger partial charge in [0.2, 0.25) is 0 Å². The van der Waals surface area contributed by atoms with Gasteiger partial charge in [0.15, 0.2) is 0 Å². The lowest BCUT2D eigenvalue weighted by Gasteiger charge is -2.11. The number of nitrogens with zero attached hydrogens (tertiary/aromatic N) is 2. The van der Waals surface area contributed by atoms with E-state index >= 15 is 0 Å². The quantitative estimate of drug-likeness (QED) is 0.811. The SMILES string of the molecule is CN(C)c1ccc(C=CCc2ccncc2)cc1. The third kappa shape index (κ3) is 3.45. The van der Waals surface area contributed by atoms with Gasteiger partial charge in [-0.2, -0.15) is 0 Å². The number of benzene rings is 1. The van der Waals surface area contributed by atoms with Crippen molar-refractivity contribution in [3.05, 3.63) is 66.0 Å². The summed E-state index contributed by atoms with van der Waals surface area (Å²) < 4.78 is 0. The number of anilines is 1. The van der Waals surface area contributed by atoms with Crippen LogP contribution in [0.25, 0.3) is 6.08 Å². The maximum Gasteiger partial charge on any atom is 0.0361 e. The molecule has 0 saturated carbocycles. The molecule has 1 heterocycles. The van der Waals surface area contributed by atoms with Crippen LogP contribution in [0.3, 0.4) is 0 Å². The lowest BCUT2D eigenvalue weighted by molar-refractivity contribution is 1.13. The van der Waals surface area contributed by atoms with E-state index in [1.54, 1.807) is 0 Å². The second-order valence-corrected chi connectivity index (χ2v) is 4.45. The third-order valence-electron chi connectivity index (χ3n) is 2.82. The summed E-state index contributed by atoms with van der Waals surface area (Å²) in [4.78, 5) is 6.11. The van der Waals surface area contributed by atoms with Crippen molar-refractivity contribution in [2.45, 2.75) is 6.42 Å². The van der Waals surface area contributed by atoms with Crippen LogP contribution in [-0.4, -0.2) is 19.1 Å². The van der Waals surface area contributed by atoms with Gasteiger partial charge in [0, 0.05) is 32.2 Å². The lowest BCUT2D eigenvalue weighted by atomic mass is 10.1. The Morgan fingerprint density at radius 1 is 1.00 bits per heavy atom. The summed E-state index contributed by atoms with van der Waals surface area (Å²) in [5.74, 6) is 0. The maximum atomic E-state index is 4.01.